The van der Waals surface area contributed by atoms with Crippen molar-refractivity contribution >= 4 is 41.7 Å². The second-order valence-electron chi connectivity index (χ2n) is 2.92. The molecule has 0 spiro atoms. The van der Waals surface area contributed by atoms with Gasteiger partial charge in [-0.05, 0) is 11.5 Å². The third kappa shape index (κ3) is 2.45. The Kier molecular flexibility index (Phi) is 3.52. The molecule has 2 N–H and O–H groups in total. The number of fused-ring (bicyclic) bond motifs is 1. The quantitative estimate of drug-likeness (QED) is 0.392. The summed E-state index contributed by atoms with van der Waals surface area (Å²) in [5, 5.41) is 2.37. The van der Waals surface area contributed by atoms with Gasteiger partial charge in [0.05, 0.1) is 30.9 Å². The first-order chi connectivity index (χ1) is 7.42. The normalized spacial score (nSPS) is 12.3. The fourth-order valence-corrected chi connectivity index (χ4v) is 1.99. The van der Waals surface area contributed by atoms with Crippen molar-refractivity contribution < 1.29 is 0 Å². The lowest BCUT2D eigenvalue weighted by molar-refractivity contribution is 1.32. The smallest absolute Gasteiger partial charge is 0.0795 e. The molecule has 0 fully saturated rings. The zero-order valence-electron chi connectivity index (χ0n) is 7.97. The third-order valence-electron chi connectivity index (χ3n) is 2.05. The van der Waals surface area contributed by atoms with Crippen LogP contribution in [-0.2, 0) is 0 Å². The third-order valence-corrected chi connectivity index (χ3v) is 2.90. The highest BCUT2D eigenvalue weighted by molar-refractivity contribution is 14.2. The van der Waals surface area contributed by atoms with Crippen LogP contribution in [0.4, 0.5) is 5.69 Å². The first-order valence-electron chi connectivity index (χ1n) is 4.45. The molecular formula is C11H10IN3. The van der Waals surface area contributed by atoms with Gasteiger partial charge in [-0.1, -0.05) is 36.4 Å². The van der Waals surface area contributed by atoms with Crippen molar-refractivity contribution in [2.45, 2.75) is 0 Å². The molecule has 0 aliphatic carbocycles. The molecular weight excluding hydrogens is 301 g/mol. The molecule has 0 aliphatic heterocycles. The highest BCUT2D eigenvalue weighted by Gasteiger charge is 1.96. The topological polar surface area (TPSA) is 50.7 Å². The largest absolute Gasteiger partial charge is 0.249 e. The lowest BCUT2D eigenvalue weighted by Gasteiger charge is -1.99. The van der Waals surface area contributed by atoms with E-state index in [1.54, 1.807) is 0 Å². The minimum atomic E-state index is -0.443. The van der Waals surface area contributed by atoms with E-state index in [4.69, 9.17) is 5.84 Å². The molecule has 0 radical (unpaired) electrons. The Labute approximate surface area is 98.1 Å². The minimum Gasteiger partial charge on any atom is -0.249 e. The van der Waals surface area contributed by atoms with E-state index in [-0.39, 0.29) is 0 Å². The van der Waals surface area contributed by atoms with Crippen LogP contribution in [0.25, 0.3) is 10.8 Å². The summed E-state index contributed by atoms with van der Waals surface area (Å²) >= 11 is -0.443. The Bertz CT molecular complexity index is 515. The average Bonchev–Trinajstić information content (AvgIpc) is 2.30. The average molecular weight is 311 g/mol. The summed E-state index contributed by atoms with van der Waals surface area (Å²) in [5.74, 6) is 5.09. The molecule has 0 saturated carbocycles. The van der Waals surface area contributed by atoms with Crippen molar-refractivity contribution in [1.82, 2.24) is 0 Å². The van der Waals surface area contributed by atoms with Crippen LogP contribution in [0.15, 0.2) is 50.7 Å². The minimum absolute atomic E-state index is 0.443. The monoisotopic (exact) mass is 311 g/mol. The van der Waals surface area contributed by atoms with Gasteiger partial charge in [-0.2, -0.15) is 3.25 Å². The summed E-state index contributed by atoms with van der Waals surface area (Å²) in [7, 11) is 0. The van der Waals surface area contributed by atoms with Gasteiger partial charge in [-0.3, -0.25) is 0 Å². The molecule has 0 aliphatic rings. The predicted octanol–water partition coefficient (Wildman–Crippen LogP) is 3.53. The highest BCUT2D eigenvalue weighted by Crippen LogP contribution is 2.25. The molecule has 0 amide bonds. The van der Waals surface area contributed by atoms with Crippen molar-refractivity contribution in [2.75, 3.05) is 0 Å². The Morgan fingerprint density at radius 3 is 2.73 bits per heavy atom. The number of hydrogen-bond donors (Lipinski definition) is 1. The van der Waals surface area contributed by atoms with E-state index < -0.39 is 21.0 Å². The van der Waals surface area contributed by atoms with Crippen LogP contribution in [0.5, 0.6) is 0 Å². The van der Waals surface area contributed by atoms with E-state index in [9.17, 15) is 0 Å². The van der Waals surface area contributed by atoms with Gasteiger partial charge in [0.15, 0.2) is 0 Å². The van der Waals surface area contributed by atoms with Crippen molar-refractivity contribution in [3.8, 4) is 0 Å². The van der Waals surface area contributed by atoms with Crippen LogP contribution in [0.1, 0.15) is 0 Å². The molecule has 76 valence electrons. The number of nitrogens with zero attached hydrogens (tertiary/aromatic N) is 2. The van der Waals surface area contributed by atoms with Gasteiger partial charge in [0.1, 0.15) is 0 Å². The van der Waals surface area contributed by atoms with Crippen LogP contribution in [-0.4, -0.2) is 4.22 Å². The Morgan fingerprint density at radius 2 is 1.87 bits per heavy atom. The maximum absolute atomic E-state index is 5.09. The van der Waals surface area contributed by atoms with Crippen molar-refractivity contribution in [3.63, 3.8) is 0 Å². The van der Waals surface area contributed by atoms with Crippen molar-refractivity contribution in [3.05, 3.63) is 42.5 Å². The van der Waals surface area contributed by atoms with Gasteiger partial charge >= 0.3 is 0 Å². The molecule has 0 unspecified atom stereocenters. The van der Waals surface area contributed by atoms with Crippen LogP contribution in [0.2, 0.25) is 0 Å². The predicted molar refractivity (Wildman–Crippen MR) is 72.7 cm³/mol. The molecule has 0 saturated heterocycles. The van der Waals surface area contributed by atoms with E-state index >= 15 is 0 Å². The fraction of sp³-hybridized carbons (Fsp3) is 0. The molecule has 15 heavy (non-hydrogen) atoms. The molecule has 2 aromatic rings. The summed E-state index contributed by atoms with van der Waals surface area (Å²) in [4.78, 5) is 4.37. The van der Waals surface area contributed by atoms with Crippen LogP contribution in [0, 0.1) is 0 Å². The number of aliphatic imine (C=N–C) groups is 1. The Hall–Kier alpha value is -1.14. The Morgan fingerprint density at radius 1 is 1.07 bits per heavy atom. The SMILES string of the molecule is NN=IC=Nc1cccc2ccccc12. The molecule has 0 heterocycles. The van der Waals surface area contributed by atoms with E-state index in [1.807, 2.05) is 28.5 Å². The molecule has 0 atom stereocenters. The van der Waals surface area contributed by atoms with Crippen LogP contribution in [0.3, 0.4) is 0 Å². The zero-order valence-corrected chi connectivity index (χ0v) is 10.1. The van der Waals surface area contributed by atoms with Crippen molar-refractivity contribution in [1.29, 1.82) is 0 Å². The second kappa shape index (κ2) is 5.09. The number of hydrogen-bond acceptors (Lipinski definition) is 3. The van der Waals surface area contributed by atoms with E-state index in [1.165, 1.54) is 5.39 Å². The van der Waals surface area contributed by atoms with Gasteiger partial charge in [0, 0.05) is 5.39 Å². The fourth-order valence-electron chi connectivity index (χ4n) is 1.42. The standard InChI is InChI=1S/C11H10IN3/c13-15-12-8-14-11-7-3-5-9-4-1-2-6-10(9)11/h1-8H,13H2. The maximum atomic E-state index is 5.09. The molecule has 0 aromatic heterocycles. The first-order valence-corrected chi connectivity index (χ1v) is 6.66. The summed E-state index contributed by atoms with van der Waals surface area (Å²) in [6.07, 6.45) is 0. The molecule has 0 bridgehead atoms. The zero-order chi connectivity index (χ0) is 10.5. The van der Waals surface area contributed by atoms with Crippen LogP contribution < -0.4 is 5.84 Å². The molecule has 4 heteroatoms. The molecule has 2 aromatic carbocycles. The van der Waals surface area contributed by atoms with E-state index in [2.05, 4.69) is 26.4 Å². The van der Waals surface area contributed by atoms with Gasteiger partial charge in [0.2, 0.25) is 0 Å². The summed E-state index contributed by atoms with van der Waals surface area (Å²) in [5.41, 5.74) is 0.983. The van der Waals surface area contributed by atoms with Gasteiger partial charge in [0.25, 0.3) is 0 Å². The lowest BCUT2D eigenvalue weighted by Crippen LogP contribution is -1.73. The number of halogens is 1. The number of nitrogens with two attached hydrogens (primary N) is 1. The van der Waals surface area contributed by atoms with Crippen molar-refractivity contribution in [2.24, 2.45) is 14.1 Å². The number of benzene rings is 2. The number of rotatable bonds is 2. The molecule has 3 nitrogen and oxygen atoms in total. The maximum Gasteiger partial charge on any atom is 0.0795 e. The Balaban J connectivity index is 2.51. The van der Waals surface area contributed by atoms with Gasteiger partial charge < -0.3 is 0 Å². The summed E-state index contributed by atoms with van der Waals surface area (Å²) in [6.45, 7) is 0. The van der Waals surface area contributed by atoms with E-state index in [0.29, 0.717) is 0 Å². The van der Waals surface area contributed by atoms with E-state index in [0.717, 1.165) is 11.1 Å². The van der Waals surface area contributed by atoms with Gasteiger partial charge in [-0.15, -0.1) is 0 Å². The lowest BCUT2D eigenvalue weighted by atomic mass is 10.1. The first kappa shape index (κ1) is 10.4. The van der Waals surface area contributed by atoms with Crippen LogP contribution >= 0.6 is 21.0 Å². The summed E-state index contributed by atoms with van der Waals surface area (Å²) in [6, 6.07) is 14.3. The summed E-state index contributed by atoms with van der Waals surface area (Å²) < 4.78 is 5.41. The molecule has 2 rings (SSSR count). The van der Waals surface area contributed by atoms with Gasteiger partial charge in [-0.25, -0.2) is 10.8 Å². The second-order valence-corrected chi connectivity index (χ2v) is 4.59. The highest BCUT2D eigenvalue weighted by atomic mass is 127.